The number of hydrogen-bond acceptors (Lipinski definition) is 4. The molecule has 2 aromatic rings. The van der Waals surface area contributed by atoms with Crippen molar-refractivity contribution in [1.82, 2.24) is 10.6 Å². The van der Waals surface area contributed by atoms with Crippen LogP contribution < -0.4 is 10.6 Å². The van der Waals surface area contributed by atoms with Crippen LogP contribution in [0.4, 0.5) is 18.0 Å². The zero-order valence-corrected chi connectivity index (χ0v) is 18.9. The van der Waals surface area contributed by atoms with Crippen LogP contribution in [0.5, 0.6) is 0 Å². The topological polar surface area (TPSA) is 105 Å². The summed E-state index contributed by atoms with van der Waals surface area (Å²) in [7, 11) is 0. The molecule has 0 bridgehead atoms. The number of aliphatic carboxylic acids is 1. The third-order valence-corrected chi connectivity index (χ3v) is 6.66. The first-order valence-corrected chi connectivity index (χ1v) is 11.2. The highest BCUT2D eigenvalue weighted by atomic mass is 19.4. The van der Waals surface area contributed by atoms with Gasteiger partial charge in [0.15, 0.2) is 0 Å². The number of alkyl carbamates (subject to hydrolysis) is 1. The summed E-state index contributed by atoms with van der Waals surface area (Å²) in [5.74, 6) is -3.12. The summed E-state index contributed by atoms with van der Waals surface area (Å²) in [6.07, 6.45) is -6.30. The van der Waals surface area contributed by atoms with Gasteiger partial charge in [0.2, 0.25) is 5.91 Å². The molecule has 7 nitrogen and oxygen atoms in total. The molecule has 2 atom stereocenters. The fourth-order valence-corrected chi connectivity index (χ4v) is 4.55. The number of alkyl halides is 3. The molecule has 35 heavy (non-hydrogen) atoms. The van der Waals surface area contributed by atoms with Crippen LogP contribution in [0.2, 0.25) is 0 Å². The van der Waals surface area contributed by atoms with E-state index in [0.717, 1.165) is 22.3 Å². The van der Waals surface area contributed by atoms with E-state index in [1.165, 1.54) is 6.92 Å². The molecule has 0 radical (unpaired) electrons. The summed E-state index contributed by atoms with van der Waals surface area (Å²) in [6, 6.07) is 12.5. The Balaban J connectivity index is 1.40. The van der Waals surface area contributed by atoms with Crippen molar-refractivity contribution >= 4 is 18.0 Å². The summed E-state index contributed by atoms with van der Waals surface area (Å²) < 4.78 is 45.9. The van der Waals surface area contributed by atoms with Crippen molar-refractivity contribution in [3.05, 3.63) is 59.7 Å². The lowest BCUT2D eigenvalue weighted by molar-refractivity contribution is -0.161. The largest absolute Gasteiger partial charge is 0.480 e. The Bertz CT molecular complexity index is 1100. The number of nitrogens with one attached hydrogen (secondary N) is 2. The van der Waals surface area contributed by atoms with E-state index in [0.29, 0.717) is 12.8 Å². The molecule has 2 amide bonds. The molecular weight excluding hydrogens is 465 g/mol. The van der Waals surface area contributed by atoms with Gasteiger partial charge >= 0.3 is 18.2 Å². The summed E-state index contributed by atoms with van der Waals surface area (Å²) in [6.45, 7) is 1.09. The predicted octanol–water partition coefficient (Wildman–Crippen LogP) is 4.22. The van der Waals surface area contributed by atoms with Gasteiger partial charge in [-0.15, -0.1) is 0 Å². The molecule has 0 aliphatic heterocycles. The predicted molar refractivity (Wildman–Crippen MR) is 120 cm³/mol. The van der Waals surface area contributed by atoms with Crippen molar-refractivity contribution in [1.29, 1.82) is 0 Å². The van der Waals surface area contributed by atoms with Crippen LogP contribution in [0.15, 0.2) is 48.5 Å². The number of benzene rings is 2. The van der Waals surface area contributed by atoms with Crippen molar-refractivity contribution in [2.75, 3.05) is 6.61 Å². The Morgan fingerprint density at radius 3 is 2.06 bits per heavy atom. The molecule has 4 rings (SSSR count). The molecule has 2 aliphatic rings. The van der Waals surface area contributed by atoms with Crippen LogP contribution in [-0.2, 0) is 14.3 Å². The minimum atomic E-state index is -4.94. The lowest BCUT2D eigenvalue weighted by Crippen LogP contribution is -2.56. The van der Waals surface area contributed by atoms with E-state index in [9.17, 15) is 32.7 Å². The van der Waals surface area contributed by atoms with Gasteiger partial charge < -0.3 is 20.5 Å². The Morgan fingerprint density at radius 1 is 1.03 bits per heavy atom. The molecule has 186 valence electrons. The highest BCUT2D eigenvalue weighted by Gasteiger charge is 2.50. The van der Waals surface area contributed by atoms with E-state index in [-0.39, 0.29) is 18.4 Å². The molecular formula is C25H25F3N2O5. The molecule has 0 saturated heterocycles. The molecule has 2 aliphatic carbocycles. The average molecular weight is 490 g/mol. The lowest BCUT2D eigenvalue weighted by atomic mass is 9.95. The number of carbonyl (C=O) groups is 3. The minimum Gasteiger partial charge on any atom is -0.480 e. The molecule has 1 fully saturated rings. The van der Waals surface area contributed by atoms with Gasteiger partial charge in [0.1, 0.15) is 18.2 Å². The maximum absolute atomic E-state index is 13.6. The number of hydrogen-bond donors (Lipinski definition) is 3. The smallest absolute Gasteiger partial charge is 0.409 e. The van der Waals surface area contributed by atoms with Gasteiger partial charge in [-0.2, -0.15) is 13.2 Å². The lowest BCUT2D eigenvalue weighted by Gasteiger charge is -2.28. The molecule has 0 spiro atoms. The zero-order chi connectivity index (χ0) is 25.4. The Labute approximate surface area is 199 Å². The number of halogens is 3. The van der Waals surface area contributed by atoms with Crippen LogP contribution in [0.3, 0.4) is 0 Å². The van der Waals surface area contributed by atoms with E-state index in [4.69, 9.17) is 4.74 Å². The van der Waals surface area contributed by atoms with E-state index in [2.05, 4.69) is 5.32 Å². The number of amides is 2. The van der Waals surface area contributed by atoms with E-state index in [1.807, 2.05) is 48.5 Å². The quantitative estimate of drug-likeness (QED) is 0.514. The van der Waals surface area contributed by atoms with Crippen LogP contribution in [0.1, 0.15) is 43.2 Å². The molecule has 10 heteroatoms. The van der Waals surface area contributed by atoms with E-state index < -0.39 is 42.1 Å². The average Bonchev–Trinajstić information content (AvgIpc) is 3.60. The second-order valence-corrected chi connectivity index (χ2v) is 9.10. The maximum Gasteiger partial charge on any atom is 0.409 e. The van der Waals surface area contributed by atoms with Crippen molar-refractivity contribution in [2.24, 2.45) is 5.92 Å². The molecule has 3 N–H and O–H groups in total. The van der Waals surface area contributed by atoms with E-state index in [1.54, 1.807) is 5.32 Å². The van der Waals surface area contributed by atoms with Gasteiger partial charge in [-0.05, 0) is 47.9 Å². The van der Waals surface area contributed by atoms with Gasteiger partial charge in [0.05, 0.1) is 6.42 Å². The van der Waals surface area contributed by atoms with Crippen LogP contribution in [-0.4, -0.2) is 47.4 Å². The Hall–Kier alpha value is -3.56. The molecule has 2 aromatic carbocycles. The number of carboxylic acid groups (broad SMARTS) is 1. The van der Waals surface area contributed by atoms with Crippen LogP contribution in [0.25, 0.3) is 11.1 Å². The first-order chi connectivity index (χ1) is 16.5. The second-order valence-electron chi connectivity index (χ2n) is 9.10. The van der Waals surface area contributed by atoms with Gasteiger partial charge in [-0.3, -0.25) is 4.79 Å². The summed E-state index contributed by atoms with van der Waals surface area (Å²) in [4.78, 5) is 36.2. The zero-order valence-electron chi connectivity index (χ0n) is 18.9. The maximum atomic E-state index is 13.6. The minimum absolute atomic E-state index is 0.185. The van der Waals surface area contributed by atoms with Gasteiger partial charge in [-0.25, -0.2) is 9.59 Å². The highest BCUT2D eigenvalue weighted by Crippen LogP contribution is 2.44. The molecule has 1 saturated carbocycles. The van der Waals surface area contributed by atoms with Crippen molar-refractivity contribution in [3.63, 3.8) is 0 Å². The number of fused-ring (bicyclic) bond motifs is 3. The Morgan fingerprint density at radius 2 is 1.57 bits per heavy atom. The molecule has 0 aromatic heterocycles. The summed E-state index contributed by atoms with van der Waals surface area (Å²) in [5, 5.41) is 13.3. The molecule has 2 unspecified atom stereocenters. The number of ether oxygens (including phenoxy) is 1. The number of carboxylic acids is 1. The van der Waals surface area contributed by atoms with Crippen molar-refractivity contribution in [2.45, 2.75) is 49.9 Å². The third kappa shape index (κ3) is 5.11. The molecule has 0 heterocycles. The normalized spacial score (nSPS) is 17.5. The van der Waals surface area contributed by atoms with Crippen LogP contribution in [0, 0.1) is 5.92 Å². The monoisotopic (exact) mass is 490 g/mol. The Kier molecular flexibility index (Phi) is 6.48. The van der Waals surface area contributed by atoms with Gasteiger partial charge in [0.25, 0.3) is 0 Å². The van der Waals surface area contributed by atoms with Gasteiger partial charge in [0, 0.05) is 5.92 Å². The fourth-order valence-electron chi connectivity index (χ4n) is 4.55. The van der Waals surface area contributed by atoms with Crippen molar-refractivity contribution < 1.29 is 37.4 Å². The third-order valence-electron chi connectivity index (χ3n) is 6.66. The van der Waals surface area contributed by atoms with Crippen molar-refractivity contribution in [3.8, 4) is 11.1 Å². The first kappa shape index (κ1) is 24.6. The SMILES string of the molecule is CC(NC(=O)CC(NC(=O)OCC1c2ccccc2-c2ccccc21)C(F)(F)F)(C(=O)O)C1CC1. The summed E-state index contributed by atoms with van der Waals surface area (Å²) in [5.41, 5.74) is 2.09. The van der Waals surface area contributed by atoms with Crippen LogP contribution >= 0.6 is 0 Å². The number of carbonyl (C=O) groups excluding carboxylic acids is 2. The van der Waals surface area contributed by atoms with E-state index >= 15 is 0 Å². The standard InChI is InChI=1S/C25H25F3N2O5/c1-24(22(32)33,14-10-11-14)30-21(31)12-20(25(26,27)28)29-23(34)35-13-19-17-8-4-2-6-15(17)16-7-3-5-9-18(16)19/h2-9,14,19-20H,10-13H2,1H3,(H,29,34)(H,30,31)(H,32,33). The highest BCUT2D eigenvalue weighted by molar-refractivity contribution is 5.88. The summed E-state index contributed by atoms with van der Waals surface area (Å²) >= 11 is 0. The second kappa shape index (κ2) is 9.24. The number of rotatable bonds is 8. The fraction of sp³-hybridized carbons (Fsp3) is 0.400. The first-order valence-electron chi connectivity index (χ1n) is 11.2. The van der Waals surface area contributed by atoms with Gasteiger partial charge in [-0.1, -0.05) is 48.5 Å².